The zero-order chi connectivity index (χ0) is 41.6. The van der Waals surface area contributed by atoms with E-state index in [9.17, 15) is 14.4 Å². The summed E-state index contributed by atoms with van der Waals surface area (Å²) < 4.78 is 28.8. The molecule has 0 saturated heterocycles. The van der Waals surface area contributed by atoms with Gasteiger partial charge in [-0.15, -0.1) is 0 Å². The smallest absolute Gasteiger partial charge is 0.275 e. The van der Waals surface area contributed by atoms with Crippen molar-refractivity contribution in [3.05, 3.63) is 199 Å². The first kappa shape index (κ1) is 48.6. The molecule has 0 aromatic heterocycles. The lowest BCUT2D eigenvalue weighted by Gasteiger charge is -2.26. The predicted octanol–water partition coefficient (Wildman–Crippen LogP) is 13.3. The quantitative estimate of drug-likeness (QED) is 0.0565. The highest BCUT2D eigenvalue weighted by molar-refractivity contribution is 7.51. The molecule has 10 heteroatoms. The van der Waals surface area contributed by atoms with Gasteiger partial charge in [0, 0.05) is 10.7 Å². The average molecular weight is 801 g/mol. The van der Waals surface area contributed by atoms with Gasteiger partial charge >= 0.3 is 0 Å². The topological polar surface area (TPSA) is 109 Å². The molecular weight excluding hydrogens is 745 g/mol. The molecule has 5 aromatic carbocycles. The van der Waals surface area contributed by atoms with Gasteiger partial charge < -0.3 is 33.8 Å². The highest BCUT2D eigenvalue weighted by atomic mass is 31.2. The van der Waals surface area contributed by atoms with Crippen molar-refractivity contribution < 1.29 is 38.2 Å². The van der Waals surface area contributed by atoms with Gasteiger partial charge in [0.1, 0.15) is 41.2 Å². The van der Waals surface area contributed by atoms with Gasteiger partial charge in [-0.25, -0.2) is 4.39 Å². The lowest BCUT2D eigenvalue weighted by Crippen LogP contribution is -2.18. The van der Waals surface area contributed by atoms with Gasteiger partial charge in [0.15, 0.2) is 0 Å². The van der Waals surface area contributed by atoms with E-state index in [4.69, 9.17) is 23.8 Å². The molecule has 2 unspecified atom stereocenters. The first-order valence-electron chi connectivity index (χ1n) is 17.9. The zero-order valence-corrected chi connectivity index (χ0v) is 34.8. The summed E-state index contributed by atoms with van der Waals surface area (Å²) in [6.45, 7) is 14.9. The lowest BCUT2D eigenvalue weighted by molar-refractivity contribution is 0.441. The summed E-state index contributed by atoms with van der Waals surface area (Å²) in [5, 5.41) is 27.0. The van der Waals surface area contributed by atoms with E-state index >= 15 is 0 Å². The molecule has 0 spiro atoms. The van der Waals surface area contributed by atoms with Crippen LogP contribution in [0.4, 0.5) is 4.39 Å². The molecule has 5 aromatic rings. The van der Waals surface area contributed by atoms with E-state index < -0.39 is 15.1 Å². The van der Waals surface area contributed by atoms with Crippen LogP contribution in [0.5, 0.6) is 28.7 Å². The minimum absolute atomic E-state index is 0.131. The average Bonchev–Trinajstić information content (AvgIpc) is 3.21. The van der Waals surface area contributed by atoms with Gasteiger partial charge in [-0.05, 0) is 97.8 Å². The number of phenolic OH excluding ortho intramolecular Hbond substituents is 3. The Hall–Kier alpha value is -5.39. The molecule has 0 fully saturated rings. The van der Waals surface area contributed by atoms with E-state index in [2.05, 4.69) is 32.6 Å². The fourth-order valence-electron chi connectivity index (χ4n) is 4.24. The highest BCUT2D eigenvalue weighted by Gasteiger charge is 2.23. The minimum Gasteiger partial charge on any atom is -0.508 e. The molecule has 5 rings (SSSR count). The van der Waals surface area contributed by atoms with E-state index in [1.807, 2.05) is 75.4 Å². The summed E-state index contributed by atoms with van der Waals surface area (Å²) in [6.07, 6.45) is 8.77. The highest BCUT2D eigenvalue weighted by Crippen LogP contribution is 2.42. The summed E-state index contributed by atoms with van der Waals surface area (Å²) in [5.74, 6) is 2.94. The molecule has 0 bridgehead atoms. The Labute approximate surface area is 335 Å². The maximum Gasteiger partial charge on any atom is 0.275 e. The van der Waals surface area contributed by atoms with Crippen molar-refractivity contribution in [2.24, 2.45) is 0 Å². The summed E-state index contributed by atoms with van der Waals surface area (Å²) in [4.78, 5) is 9.50. The van der Waals surface area contributed by atoms with Gasteiger partial charge in [-0.1, -0.05) is 131 Å². The van der Waals surface area contributed by atoms with Crippen LogP contribution in [0.3, 0.4) is 0 Å². The minimum atomic E-state index is -1.83. The van der Waals surface area contributed by atoms with Gasteiger partial charge in [0.05, 0.1) is 0 Å². The predicted molar refractivity (Wildman–Crippen MR) is 233 cm³/mol. The molecule has 0 saturated carbocycles. The third kappa shape index (κ3) is 19.8. The Balaban J connectivity index is 0.000000431. The number of rotatable bonds is 12. The molecule has 4 N–H and O–H groups in total. The summed E-state index contributed by atoms with van der Waals surface area (Å²) in [5.41, 5.74) is 2.14. The van der Waals surface area contributed by atoms with Crippen molar-refractivity contribution in [2.45, 2.75) is 47.0 Å². The summed E-state index contributed by atoms with van der Waals surface area (Å²) in [7, 11) is -1.96. The second-order valence-corrected chi connectivity index (χ2v) is 13.4. The third-order valence-corrected chi connectivity index (χ3v) is 9.15. The van der Waals surface area contributed by atoms with Gasteiger partial charge in [-0.2, -0.15) is 0 Å². The first-order valence-corrected chi connectivity index (χ1v) is 19.9. The monoisotopic (exact) mass is 800 g/mol. The van der Waals surface area contributed by atoms with Gasteiger partial charge in [0.2, 0.25) is 0 Å². The fourth-order valence-corrected chi connectivity index (χ4v) is 5.51. The van der Waals surface area contributed by atoms with Gasteiger partial charge in [0.25, 0.3) is 17.4 Å². The standard InChI is InChI=1S/C22H25O3P.C10H12FO2P.2C6H6O.C2H6/c1-5-7-20(8-6-2)24-26-25-21-15-11-18(12-16-21)22(3,4)17-9-13-19(23)14-10-17;1-2-10(8-11)14(12)13-9-6-4-3-5-7-9;2*7-6-4-2-1-3-5-6;1-2/h5-16,23,26H,1H2,2-4H3;2-7,12H,8H2,1H3;2*1-5,7H;1-2H3/b8-6-,20-7+;;;;. The number of halogens is 1. The number of hydrogen-bond acceptors (Lipinski definition) is 7. The molecule has 0 aliphatic rings. The molecule has 0 amide bonds. The Kier molecular flexibility index (Phi) is 25.2. The van der Waals surface area contributed by atoms with E-state index in [0.29, 0.717) is 28.3 Å². The number of allylic oxidation sites excluding steroid dienone is 6. The van der Waals surface area contributed by atoms with Crippen LogP contribution in [0.2, 0.25) is 0 Å². The Morgan fingerprint density at radius 2 is 1.14 bits per heavy atom. The second kappa shape index (κ2) is 29.0. The van der Waals surface area contributed by atoms with Crippen LogP contribution in [0.1, 0.15) is 52.7 Å². The molecule has 56 heavy (non-hydrogen) atoms. The number of para-hydroxylation sites is 3. The molecule has 0 aliphatic carbocycles. The van der Waals surface area contributed by atoms with Gasteiger partial charge in [-0.3, -0.25) is 0 Å². The molecule has 0 radical (unpaired) electrons. The summed E-state index contributed by atoms with van der Waals surface area (Å²) in [6, 6.07) is 41.6. The van der Waals surface area contributed by atoms with Crippen LogP contribution < -0.4 is 9.05 Å². The van der Waals surface area contributed by atoms with Crippen LogP contribution in [0.25, 0.3) is 0 Å². The number of phenols is 3. The van der Waals surface area contributed by atoms with Crippen LogP contribution in [0.15, 0.2) is 188 Å². The largest absolute Gasteiger partial charge is 0.508 e. The molecule has 298 valence electrons. The van der Waals surface area contributed by atoms with Crippen molar-refractivity contribution in [3.8, 4) is 28.7 Å². The summed E-state index contributed by atoms with van der Waals surface area (Å²) >= 11 is 0. The maximum atomic E-state index is 12.3. The first-order chi connectivity index (χ1) is 27.0. The molecule has 0 heterocycles. The zero-order valence-electron chi connectivity index (χ0n) is 32.9. The Morgan fingerprint density at radius 1 is 0.696 bits per heavy atom. The fraction of sp³-hybridized carbons (Fsp3) is 0.174. The van der Waals surface area contributed by atoms with E-state index in [-0.39, 0.29) is 20.2 Å². The molecule has 2 atom stereocenters. The van der Waals surface area contributed by atoms with Crippen LogP contribution in [-0.2, 0) is 9.94 Å². The van der Waals surface area contributed by atoms with E-state index in [0.717, 1.165) is 11.3 Å². The van der Waals surface area contributed by atoms with Crippen molar-refractivity contribution in [2.75, 3.05) is 6.67 Å². The number of benzene rings is 5. The van der Waals surface area contributed by atoms with Crippen molar-refractivity contribution in [1.29, 1.82) is 0 Å². The molecular formula is C46H55FO7P2. The number of hydrogen-bond donors (Lipinski definition) is 4. The van der Waals surface area contributed by atoms with Crippen LogP contribution in [0, 0.1) is 0 Å². The normalized spacial score (nSPS) is 11.6. The second-order valence-electron chi connectivity index (χ2n) is 11.6. The molecule has 7 nitrogen and oxygen atoms in total. The van der Waals surface area contributed by atoms with Crippen LogP contribution in [-0.4, -0.2) is 26.9 Å². The van der Waals surface area contributed by atoms with E-state index in [1.54, 1.807) is 104 Å². The van der Waals surface area contributed by atoms with Crippen molar-refractivity contribution >= 4 is 17.4 Å². The molecule has 0 aliphatic heterocycles. The van der Waals surface area contributed by atoms with Crippen LogP contribution >= 0.6 is 17.4 Å². The Morgan fingerprint density at radius 3 is 1.54 bits per heavy atom. The van der Waals surface area contributed by atoms with Crippen molar-refractivity contribution in [1.82, 2.24) is 0 Å². The lowest BCUT2D eigenvalue weighted by atomic mass is 9.78. The number of alkyl halides is 1. The maximum absolute atomic E-state index is 12.3. The third-order valence-electron chi connectivity index (χ3n) is 7.26. The SMILES string of the molecule is C=C/C=C(\C=C/C)OPOc1ccc(C(C)(C)c2ccc(O)cc2)cc1.CC.CC=C(CF)P(O)Oc1ccccc1.Oc1ccccc1.Oc1ccccc1. The van der Waals surface area contributed by atoms with E-state index in [1.165, 1.54) is 11.6 Å². The number of aromatic hydroxyl groups is 3. The van der Waals surface area contributed by atoms with Crippen molar-refractivity contribution in [3.63, 3.8) is 0 Å². The Bertz CT molecular complexity index is 1800.